The normalized spacial score (nSPS) is 10.9. The number of hydrogen-bond acceptors (Lipinski definition) is 2. The molecule has 4 nitrogen and oxygen atoms in total. The Hall–Kier alpha value is -2.62. The maximum absolute atomic E-state index is 12.4. The van der Waals surface area contributed by atoms with Gasteiger partial charge in [0.15, 0.2) is 0 Å². The van der Waals surface area contributed by atoms with Crippen molar-refractivity contribution in [1.82, 2.24) is 15.3 Å². The van der Waals surface area contributed by atoms with Crippen LogP contribution in [0, 0.1) is 20.8 Å². The third-order valence-corrected chi connectivity index (χ3v) is 3.76. The van der Waals surface area contributed by atoms with Crippen LogP contribution < -0.4 is 5.32 Å². The van der Waals surface area contributed by atoms with E-state index in [2.05, 4.69) is 15.3 Å². The van der Waals surface area contributed by atoms with Crippen LogP contribution in [0.3, 0.4) is 0 Å². The van der Waals surface area contributed by atoms with Gasteiger partial charge in [-0.05, 0) is 44.0 Å². The van der Waals surface area contributed by atoms with E-state index in [0.717, 1.165) is 33.5 Å². The molecule has 2 N–H and O–H groups in total. The highest BCUT2D eigenvalue weighted by Crippen LogP contribution is 2.16. The largest absolute Gasteiger partial charge is 0.345 e. The Balaban J connectivity index is 1.77. The lowest BCUT2D eigenvalue weighted by Gasteiger charge is -2.11. The van der Waals surface area contributed by atoms with Gasteiger partial charge < -0.3 is 10.3 Å². The number of carbonyl (C=O) groups excluding carboxylic acids is 1. The van der Waals surface area contributed by atoms with Crippen LogP contribution in [0.4, 0.5) is 0 Å². The SMILES string of the molecule is Cc1cc(C)c(C(=O)NCc2nc3ccccc3[nH]2)c(C)c1. The summed E-state index contributed by atoms with van der Waals surface area (Å²) in [6.07, 6.45) is 0. The number of benzene rings is 2. The van der Waals surface area contributed by atoms with Crippen molar-refractivity contribution in [2.24, 2.45) is 0 Å². The van der Waals surface area contributed by atoms with Crippen molar-refractivity contribution < 1.29 is 4.79 Å². The number of para-hydroxylation sites is 2. The first-order valence-electron chi connectivity index (χ1n) is 7.34. The van der Waals surface area contributed by atoms with Crippen molar-refractivity contribution in [1.29, 1.82) is 0 Å². The van der Waals surface area contributed by atoms with Crippen LogP contribution in [0.2, 0.25) is 0 Å². The van der Waals surface area contributed by atoms with Crippen molar-refractivity contribution in [3.8, 4) is 0 Å². The number of aromatic amines is 1. The Kier molecular flexibility index (Phi) is 3.67. The van der Waals surface area contributed by atoms with Crippen LogP contribution in [-0.4, -0.2) is 15.9 Å². The molecule has 0 saturated carbocycles. The molecular formula is C18H19N3O. The number of hydrogen-bond donors (Lipinski definition) is 2. The molecule has 0 unspecified atom stereocenters. The molecule has 0 bridgehead atoms. The van der Waals surface area contributed by atoms with Gasteiger partial charge in [-0.2, -0.15) is 0 Å². The number of rotatable bonds is 3. The van der Waals surface area contributed by atoms with Gasteiger partial charge in [-0.25, -0.2) is 4.98 Å². The zero-order valence-electron chi connectivity index (χ0n) is 13.0. The minimum Gasteiger partial charge on any atom is -0.345 e. The fraction of sp³-hybridized carbons (Fsp3) is 0.222. The van der Waals surface area contributed by atoms with Gasteiger partial charge in [0.2, 0.25) is 0 Å². The van der Waals surface area contributed by atoms with Gasteiger partial charge >= 0.3 is 0 Å². The lowest BCUT2D eigenvalue weighted by Crippen LogP contribution is -2.25. The standard InChI is InChI=1S/C18H19N3O/c1-11-8-12(2)17(13(3)9-11)18(22)19-10-16-20-14-6-4-5-7-15(14)21-16/h4-9H,10H2,1-3H3,(H,19,22)(H,20,21). The zero-order valence-corrected chi connectivity index (χ0v) is 13.0. The smallest absolute Gasteiger partial charge is 0.252 e. The van der Waals surface area contributed by atoms with E-state index in [1.807, 2.05) is 57.2 Å². The highest BCUT2D eigenvalue weighted by atomic mass is 16.1. The van der Waals surface area contributed by atoms with Crippen molar-refractivity contribution in [2.45, 2.75) is 27.3 Å². The average Bonchev–Trinajstić information content (AvgIpc) is 2.86. The lowest BCUT2D eigenvalue weighted by atomic mass is 9.99. The first kappa shape index (κ1) is 14.3. The van der Waals surface area contributed by atoms with Crippen LogP contribution >= 0.6 is 0 Å². The molecule has 0 aliphatic carbocycles. The molecule has 112 valence electrons. The Bertz CT molecular complexity index is 792. The molecular weight excluding hydrogens is 274 g/mol. The summed E-state index contributed by atoms with van der Waals surface area (Å²) < 4.78 is 0. The molecule has 1 heterocycles. The second-order valence-corrected chi connectivity index (χ2v) is 5.66. The predicted molar refractivity (Wildman–Crippen MR) is 87.9 cm³/mol. The molecule has 4 heteroatoms. The lowest BCUT2D eigenvalue weighted by molar-refractivity contribution is 0.0949. The van der Waals surface area contributed by atoms with Crippen molar-refractivity contribution in [2.75, 3.05) is 0 Å². The van der Waals surface area contributed by atoms with Gasteiger partial charge in [-0.3, -0.25) is 4.79 Å². The van der Waals surface area contributed by atoms with Gasteiger partial charge in [0.05, 0.1) is 17.6 Å². The summed E-state index contributed by atoms with van der Waals surface area (Å²) >= 11 is 0. The Morgan fingerprint density at radius 1 is 1.14 bits per heavy atom. The maximum Gasteiger partial charge on any atom is 0.252 e. The first-order chi connectivity index (χ1) is 10.5. The molecule has 2 aromatic carbocycles. The van der Waals surface area contributed by atoms with E-state index in [9.17, 15) is 4.79 Å². The fourth-order valence-corrected chi connectivity index (χ4v) is 2.88. The van der Waals surface area contributed by atoms with Crippen LogP contribution in [0.1, 0.15) is 32.9 Å². The fourth-order valence-electron chi connectivity index (χ4n) is 2.88. The summed E-state index contributed by atoms with van der Waals surface area (Å²) in [6, 6.07) is 11.9. The molecule has 0 spiro atoms. The van der Waals surface area contributed by atoms with E-state index in [4.69, 9.17) is 0 Å². The predicted octanol–water partition coefficient (Wildman–Crippen LogP) is 3.42. The van der Waals surface area contributed by atoms with Crippen molar-refractivity contribution in [3.05, 3.63) is 64.5 Å². The van der Waals surface area contributed by atoms with Crippen LogP contribution in [0.25, 0.3) is 11.0 Å². The molecule has 1 aromatic heterocycles. The third kappa shape index (κ3) is 2.72. The number of amides is 1. The molecule has 0 saturated heterocycles. The van der Waals surface area contributed by atoms with Crippen molar-refractivity contribution in [3.63, 3.8) is 0 Å². The quantitative estimate of drug-likeness (QED) is 0.777. The van der Waals surface area contributed by atoms with E-state index in [-0.39, 0.29) is 5.91 Å². The number of imidazole rings is 1. The molecule has 3 aromatic rings. The maximum atomic E-state index is 12.4. The number of nitrogens with one attached hydrogen (secondary N) is 2. The van der Waals surface area contributed by atoms with Gasteiger partial charge in [0.25, 0.3) is 5.91 Å². The highest BCUT2D eigenvalue weighted by Gasteiger charge is 2.13. The second-order valence-electron chi connectivity index (χ2n) is 5.66. The van der Waals surface area contributed by atoms with E-state index in [1.165, 1.54) is 5.56 Å². The molecule has 0 atom stereocenters. The number of H-pyrrole nitrogens is 1. The van der Waals surface area contributed by atoms with Gasteiger partial charge in [0.1, 0.15) is 5.82 Å². The summed E-state index contributed by atoms with van der Waals surface area (Å²) in [5, 5.41) is 2.94. The van der Waals surface area contributed by atoms with Crippen LogP contribution in [0.5, 0.6) is 0 Å². The molecule has 1 amide bonds. The van der Waals surface area contributed by atoms with Gasteiger partial charge in [0, 0.05) is 5.56 Å². The van der Waals surface area contributed by atoms with E-state index in [1.54, 1.807) is 0 Å². The number of fused-ring (bicyclic) bond motifs is 1. The van der Waals surface area contributed by atoms with Gasteiger partial charge in [-0.1, -0.05) is 29.8 Å². The summed E-state index contributed by atoms with van der Waals surface area (Å²) in [7, 11) is 0. The van der Waals surface area contributed by atoms with E-state index in [0.29, 0.717) is 6.54 Å². The third-order valence-electron chi connectivity index (χ3n) is 3.76. The minimum atomic E-state index is -0.0598. The van der Waals surface area contributed by atoms with Crippen LogP contribution in [0.15, 0.2) is 36.4 Å². The van der Waals surface area contributed by atoms with Gasteiger partial charge in [-0.15, -0.1) is 0 Å². The summed E-state index contributed by atoms with van der Waals surface area (Å²) in [4.78, 5) is 20.1. The zero-order chi connectivity index (χ0) is 15.7. The van der Waals surface area contributed by atoms with E-state index >= 15 is 0 Å². The Morgan fingerprint density at radius 2 is 1.82 bits per heavy atom. The highest BCUT2D eigenvalue weighted by molar-refractivity contribution is 5.97. The molecule has 0 fully saturated rings. The number of aryl methyl sites for hydroxylation is 3. The number of nitrogens with zero attached hydrogens (tertiary/aromatic N) is 1. The first-order valence-corrected chi connectivity index (χ1v) is 7.34. The Morgan fingerprint density at radius 3 is 2.50 bits per heavy atom. The summed E-state index contributed by atoms with van der Waals surface area (Å²) in [5.74, 6) is 0.701. The molecule has 22 heavy (non-hydrogen) atoms. The van der Waals surface area contributed by atoms with Crippen molar-refractivity contribution >= 4 is 16.9 Å². The van der Waals surface area contributed by atoms with E-state index < -0.39 is 0 Å². The summed E-state index contributed by atoms with van der Waals surface area (Å²) in [5.41, 5.74) is 5.81. The Labute approximate surface area is 129 Å². The monoisotopic (exact) mass is 293 g/mol. The minimum absolute atomic E-state index is 0.0598. The molecule has 3 rings (SSSR count). The topological polar surface area (TPSA) is 57.8 Å². The molecule has 0 aliphatic rings. The van der Waals surface area contributed by atoms with Crippen LogP contribution in [-0.2, 0) is 6.54 Å². The second kappa shape index (κ2) is 5.64. The molecule has 0 aliphatic heterocycles. The summed E-state index contributed by atoms with van der Waals surface area (Å²) in [6.45, 7) is 6.36. The molecule has 0 radical (unpaired) electrons. The average molecular weight is 293 g/mol. The number of carbonyl (C=O) groups is 1. The number of aromatic nitrogens is 2.